The van der Waals surface area contributed by atoms with Crippen LogP contribution in [-0.2, 0) is 21.4 Å². The first-order valence-corrected chi connectivity index (χ1v) is 13.1. The highest BCUT2D eigenvalue weighted by Crippen LogP contribution is 2.46. The van der Waals surface area contributed by atoms with E-state index in [-0.39, 0.29) is 5.82 Å². The summed E-state index contributed by atoms with van der Waals surface area (Å²) in [5.41, 5.74) is 2.24. The molecule has 2 heterocycles. The van der Waals surface area contributed by atoms with E-state index in [0.717, 1.165) is 24.8 Å². The average molecular weight is 469 g/mol. The molecule has 0 aromatic heterocycles. The van der Waals surface area contributed by atoms with E-state index in [2.05, 4.69) is 35.5 Å². The Labute approximate surface area is 200 Å². The van der Waals surface area contributed by atoms with Crippen LogP contribution in [0.5, 0.6) is 0 Å². The maximum absolute atomic E-state index is 15.3. The Hall–Kier alpha value is -1.65. The molecule has 4 nitrogen and oxygen atoms in total. The molecule has 1 aromatic rings. The van der Waals surface area contributed by atoms with Crippen molar-refractivity contribution in [3.05, 3.63) is 58.9 Å². The summed E-state index contributed by atoms with van der Waals surface area (Å²) in [6.45, 7) is 4.04. The van der Waals surface area contributed by atoms with E-state index in [1.165, 1.54) is 12.0 Å². The second-order valence-electron chi connectivity index (χ2n) is 9.89. The predicted octanol–water partition coefficient (Wildman–Crippen LogP) is 6.18. The zero-order valence-corrected chi connectivity index (χ0v) is 20.2. The van der Waals surface area contributed by atoms with Gasteiger partial charge in [-0.1, -0.05) is 42.3 Å². The third-order valence-corrected chi connectivity index (χ3v) is 9.34. The molecule has 5 rings (SSSR count). The van der Waals surface area contributed by atoms with Crippen LogP contribution >= 0.6 is 11.9 Å². The number of benzene rings is 1. The van der Waals surface area contributed by atoms with Crippen LogP contribution in [-0.4, -0.2) is 34.6 Å². The molecule has 2 atom stereocenters. The lowest BCUT2D eigenvalue weighted by molar-refractivity contribution is -0.182. The monoisotopic (exact) mass is 468 g/mol. The zero-order chi connectivity index (χ0) is 22.9. The van der Waals surface area contributed by atoms with Gasteiger partial charge in [-0.2, -0.15) is 5.26 Å². The molecule has 1 saturated carbocycles. The minimum Gasteiger partial charge on any atom is -0.348 e. The number of allylic oxidation sites excluding steroid dienone is 3. The molecule has 1 unspecified atom stereocenters. The van der Waals surface area contributed by atoms with Crippen molar-refractivity contribution in [1.82, 2.24) is 4.31 Å². The van der Waals surface area contributed by atoms with Gasteiger partial charge >= 0.3 is 0 Å². The Bertz CT molecular complexity index is 969. The van der Waals surface area contributed by atoms with Gasteiger partial charge in [-0.3, -0.25) is 0 Å². The predicted molar refractivity (Wildman–Crippen MR) is 129 cm³/mol. The number of rotatable bonds is 4. The molecule has 1 aromatic carbocycles. The SMILES string of the molecule is C[C@H]1CCC(C2=CCCC=C2)SN1Cc1ccc(C2(C#N)CCC3(CC2)OCCO3)cc1F. The van der Waals surface area contributed by atoms with Gasteiger partial charge in [0.05, 0.1) is 24.7 Å². The van der Waals surface area contributed by atoms with E-state index in [4.69, 9.17) is 9.47 Å². The van der Waals surface area contributed by atoms with E-state index >= 15 is 4.39 Å². The van der Waals surface area contributed by atoms with Crippen molar-refractivity contribution < 1.29 is 13.9 Å². The molecular formula is C27H33FN2O2S. The first-order chi connectivity index (χ1) is 16.0. The van der Waals surface area contributed by atoms with Gasteiger partial charge in [0.15, 0.2) is 5.79 Å². The van der Waals surface area contributed by atoms with Crippen LogP contribution in [0.4, 0.5) is 4.39 Å². The molecule has 2 aliphatic carbocycles. The van der Waals surface area contributed by atoms with Crippen LogP contribution in [0.3, 0.4) is 0 Å². The Morgan fingerprint density at radius 3 is 2.61 bits per heavy atom. The summed E-state index contributed by atoms with van der Waals surface area (Å²) in [4.78, 5) is 0. The quantitative estimate of drug-likeness (QED) is 0.494. The average Bonchev–Trinajstić information content (AvgIpc) is 3.31. The fraction of sp³-hybridized carbons (Fsp3) is 0.593. The van der Waals surface area contributed by atoms with Gasteiger partial charge in [0.2, 0.25) is 0 Å². The number of hydrogen-bond donors (Lipinski definition) is 0. The van der Waals surface area contributed by atoms with Crippen LogP contribution in [0, 0.1) is 17.1 Å². The lowest BCUT2D eigenvalue weighted by Crippen LogP contribution is -2.41. The molecule has 0 N–H and O–H groups in total. The molecule has 0 amide bonds. The first-order valence-electron chi connectivity index (χ1n) is 12.3. The molecule has 1 spiro atoms. The normalized spacial score (nSPS) is 29.1. The summed E-state index contributed by atoms with van der Waals surface area (Å²) in [5.74, 6) is -0.734. The first kappa shape index (κ1) is 23.1. The summed E-state index contributed by atoms with van der Waals surface area (Å²) in [5, 5.41) is 10.5. The third kappa shape index (κ3) is 4.66. The third-order valence-electron chi connectivity index (χ3n) is 7.82. The fourth-order valence-corrected chi connectivity index (χ4v) is 6.99. The fourth-order valence-electron chi connectivity index (χ4n) is 5.60. The van der Waals surface area contributed by atoms with E-state index in [1.54, 1.807) is 6.07 Å². The lowest BCUT2D eigenvalue weighted by Gasteiger charge is -2.40. The van der Waals surface area contributed by atoms with E-state index in [9.17, 15) is 5.26 Å². The van der Waals surface area contributed by atoms with Crippen LogP contribution in [0.1, 0.15) is 69.4 Å². The molecule has 2 aliphatic heterocycles. The Balaban J connectivity index is 1.29. The number of hydrogen-bond acceptors (Lipinski definition) is 5. The number of nitriles is 1. The molecule has 33 heavy (non-hydrogen) atoms. The largest absolute Gasteiger partial charge is 0.348 e. The van der Waals surface area contributed by atoms with Crippen LogP contribution in [0.25, 0.3) is 0 Å². The van der Waals surface area contributed by atoms with E-state index < -0.39 is 11.2 Å². The Kier molecular flexibility index (Phi) is 6.68. The smallest absolute Gasteiger partial charge is 0.168 e. The van der Waals surface area contributed by atoms with Gasteiger partial charge in [0, 0.05) is 36.2 Å². The van der Waals surface area contributed by atoms with Crippen molar-refractivity contribution in [3.8, 4) is 6.07 Å². The standard InChI is InChI=1S/C27H33FN2O2S/c1-20-7-10-25(21-5-3-2-4-6-21)33-30(20)18-22-8-9-23(17-24(22)28)26(19-29)11-13-27(14-12-26)31-15-16-32-27/h3,5-6,8-9,17,20,25H,2,4,7,10-16,18H2,1H3/t20-,25?/m0/s1. The highest BCUT2D eigenvalue weighted by molar-refractivity contribution is 7.97. The summed E-state index contributed by atoms with van der Waals surface area (Å²) in [6.07, 6.45) is 14.0. The van der Waals surface area contributed by atoms with Crippen LogP contribution < -0.4 is 0 Å². The van der Waals surface area contributed by atoms with Gasteiger partial charge in [-0.15, -0.1) is 0 Å². The molecule has 3 fully saturated rings. The van der Waals surface area contributed by atoms with Crippen LogP contribution in [0.2, 0.25) is 0 Å². The number of nitrogens with zero attached hydrogens (tertiary/aromatic N) is 2. The molecule has 0 bridgehead atoms. The molecule has 176 valence electrons. The van der Waals surface area contributed by atoms with Gasteiger partial charge in [-0.05, 0) is 62.7 Å². The van der Waals surface area contributed by atoms with E-state index in [1.807, 2.05) is 24.1 Å². The molecule has 0 radical (unpaired) electrons. The van der Waals surface area contributed by atoms with Gasteiger partial charge in [0.25, 0.3) is 0 Å². The zero-order valence-electron chi connectivity index (χ0n) is 19.4. The highest BCUT2D eigenvalue weighted by atomic mass is 32.2. The second kappa shape index (κ2) is 9.54. The summed E-state index contributed by atoms with van der Waals surface area (Å²) in [7, 11) is 0. The molecule has 2 saturated heterocycles. The van der Waals surface area contributed by atoms with Gasteiger partial charge in [-0.25, -0.2) is 8.70 Å². The maximum Gasteiger partial charge on any atom is 0.168 e. The summed E-state index contributed by atoms with van der Waals surface area (Å²) in [6, 6.07) is 8.39. The minimum atomic E-state index is -0.669. The summed E-state index contributed by atoms with van der Waals surface area (Å²) >= 11 is 1.86. The van der Waals surface area contributed by atoms with Crippen molar-refractivity contribution in [1.29, 1.82) is 5.26 Å². The highest BCUT2D eigenvalue weighted by Gasteiger charge is 2.47. The second-order valence-corrected chi connectivity index (χ2v) is 11.1. The van der Waals surface area contributed by atoms with Crippen molar-refractivity contribution in [2.24, 2.45) is 0 Å². The van der Waals surface area contributed by atoms with E-state index in [0.29, 0.717) is 62.3 Å². The maximum atomic E-state index is 15.3. The molecule has 4 aliphatic rings. The van der Waals surface area contributed by atoms with Crippen molar-refractivity contribution in [3.63, 3.8) is 0 Å². The van der Waals surface area contributed by atoms with Crippen molar-refractivity contribution in [2.45, 2.75) is 87.3 Å². The molecular weight excluding hydrogens is 435 g/mol. The van der Waals surface area contributed by atoms with Crippen LogP contribution in [0.15, 0.2) is 42.0 Å². The Morgan fingerprint density at radius 1 is 1.15 bits per heavy atom. The minimum absolute atomic E-state index is 0.206. The number of halogens is 1. The van der Waals surface area contributed by atoms with Gasteiger partial charge in [0.1, 0.15) is 5.82 Å². The topological polar surface area (TPSA) is 45.5 Å². The van der Waals surface area contributed by atoms with Crippen molar-refractivity contribution >= 4 is 11.9 Å². The van der Waals surface area contributed by atoms with Gasteiger partial charge < -0.3 is 9.47 Å². The molecule has 6 heteroatoms. The van der Waals surface area contributed by atoms with Crippen molar-refractivity contribution in [2.75, 3.05) is 13.2 Å². The number of ether oxygens (including phenoxy) is 2. The lowest BCUT2D eigenvalue weighted by atomic mass is 9.68. The Morgan fingerprint density at radius 2 is 1.94 bits per heavy atom. The summed E-state index contributed by atoms with van der Waals surface area (Å²) < 4.78 is 29.3.